The summed E-state index contributed by atoms with van der Waals surface area (Å²) in [6.45, 7) is 12.9. The van der Waals surface area contributed by atoms with Crippen LogP contribution < -0.4 is 9.05 Å². The largest absolute Gasteiger partial charge is 0.492 e. The third-order valence-corrected chi connectivity index (χ3v) is 4.46. The van der Waals surface area contributed by atoms with Gasteiger partial charge in [-0.3, -0.25) is 0 Å². The Morgan fingerprint density at radius 2 is 1.42 bits per heavy atom. The van der Waals surface area contributed by atoms with E-state index in [-0.39, 0.29) is 10.8 Å². The van der Waals surface area contributed by atoms with Gasteiger partial charge in [-0.25, -0.2) is 0 Å². The van der Waals surface area contributed by atoms with Crippen LogP contribution in [-0.4, -0.2) is 0 Å². The number of hydrogen-bond acceptors (Lipinski definition) is 3. The van der Waals surface area contributed by atoms with Crippen molar-refractivity contribution in [1.29, 1.82) is 0 Å². The number of benzene rings is 2. The van der Waals surface area contributed by atoms with Gasteiger partial charge in [-0.1, -0.05) is 71.9 Å². The molecule has 2 aromatic rings. The lowest BCUT2D eigenvalue weighted by atomic mass is 9.80. The Hall–Kier alpha value is -1.86. The van der Waals surface area contributed by atoms with Gasteiger partial charge in [0.15, 0.2) is 0 Å². The van der Waals surface area contributed by atoms with Gasteiger partial charge in [0.25, 0.3) is 0 Å². The summed E-state index contributed by atoms with van der Waals surface area (Å²) >= 11 is 0. The van der Waals surface area contributed by atoms with Crippen LogP contribution >= 0.6 is 8.25 Å². The van der Waals surface area contributed by atoms with Crippen molar-refractivity contribution in [2.45, 2.75) is 52.4 Å². The van der Waals surface area contributed by atoms with Crippen LogP contribution in [0.15, 0.2) is 48.5 Å². The van der Waals surface area contributed by atoms with E-state index in [0.717, 1.165) is 5.56 Å². The summed E-state index contributed by atoms with van der Waals surface area (Å²) in [7, 11) is -2.28. The molecule has 0 aliphatic rings. The first kappa shape index (κ1) is 18.5. The molecule has 0 bridgehead atoms. The third kappa shape index (κ3) is 4.82. The molecule has 0 saturated heterocycles. The minimum atomic E-state index is -2.28. The lowest BCUT2D eigenvalue weighted by Gasteiger charge is -2.26. The maximum atomic E-state index is 12.2. The number of hydrogen-bond donors (Lipinski definition) is 0. The topological polar surface area (TPSA) is 35.5 Å². The van der Waals surface area contributed by atoms with E-state index in [1.54, 1.807) is 12.1 Å². The van der Waals surface area contributed by atoms with Crippen LogP contribution in [0.5, 0.6) is 11.5 Å². The van der Waals surface area contributed by atoms with Gasteiger partial charge in [-0.15, -0.1) is 0 Å². The first-order valence-electron chi connectivity index (χ1n) is 8.10. The molecule has 0 fully saturated rings. The fourth-order valence-electron chi connectivity index (χ4n) is 2.33. The predicted octanol–water partition coefficient (Wildman–Crippen LogP) is 6.40. The Morgan fingerprint density at radius 1 is 0.792 bits per heavy atom. The highest BCUT2D eigenvalue weighted by Gasteiger charge is 2.24. The van der Waals surface area contributed by atoms with Crippen LogP contribution in [0, 0.1) is 0 Å². The zero-order chi connectivity index (χ0) is 18.0. The molecule has 2 rings (SSSR count). The van der Waals surface area contributed by atoms with Crippen LogP contribution in [0.3, 0.4) is 0 Å². The van der Waals surface area contributed by atoms with Crippen LogP contribution in [0.1, 0.15) is 52.7 Å². The van der Waals surface area contributed by atoms with E-state index in [9.17, 15) is 4.57 Å². The van der Waals surface area contributed by atoms with Crippen molar-refractivity contribution in [3.63, 3.8) is 0 Å². The van der Waals surface area contributed by atoms with Crippen molar-refractivity contribution in [3.8, 4) is 11.5 Å². The van der Waals surface area contributed by atoms with Gasteiger partial charge in [0, 0.05) is 5.56 Å². The zero-order valence-corrected chi connectivity index (χ0v) is 16.2. The third-order valence-electron chi connectivity index (χ3n) is 3.75. The summed E-state index contributed by atoms with van der Waals surface area (Å²) in [5, 5.41) is 0. The van der Waals surface area contributed by atoms with Crippen LogP contribution in [0.25, 0.3) is 0 Å². The Kier molecular flexibility index (Phi) is 5.35. The summed E-state index contributed by atoms with van der Waals surface area (Å²) in [6, 6.07) is 15.1. The van der Waals surface area contributed by atoms with Gasteiger partial charge in [0.1, 0.15) is 11.5 Å². The van der Waals surface area contributed by atoms with E-state index < -0.39 is 8.25 Å². The van der Waals surface area contributed by atoms with Gasteiger partial charge in [0.05, 0.1) is 0 Å². The van der Waals surface area contributed by atoms with E-state index in [4.69, 9.17) is 9.05 Å². The van der Waals surface area contributed by atoms with E-state index in [1.807, 2.05) is 30.3 Å². The SMILES string of the molecule is CC(C)(C)c1ccc(O[P](=O)Oc2ccccc2)c(C(C)(C)C)c1. The molecule has 24 heavy (non-hydrogen) atoms. The van der Waals surface area contributed by atoms with Gasteiger partial charge < -0.3 is 9.05 Å². The van der Waals surface area contributed by atoms with Gasteiger partial charge in [0.2, 0.25) is 0 Å². The van der Waals surface area contributed by atoms with E-state index in [0.29, 0.717) is 11.5 Å². The normalized spacial score (nSPS) is 12.7. The predicted molar refractivity (Wildman–Crippen MR) is 99.1 cm³/mol. The first-order chi connectivity index (χ1) is 11.1. The highest BCUT2D eigenvalue weighted by molar-refractivity contribution is 7.34. The second kappa shape index (κ2) is 6.94. The fourth-order valence-corrected chi connectivity index (χ4v) is 2.98. The molecule has 0 saturated carbocycles. The van der Waals surface area contributed by atoms with Gasteiger partial charge in [-0.2, -0.15) is 4.57 Å². The molecular formula is C20H26O3P. The molecular weight excluding hydrogens is 319 g/mol. The molecule has 0 aliphatic carbocycles. The molecule has 0 aliphatic heterocycles. The van der Waals surface area contributed by atoms with Crippen molar-refractivity contribution in [2.24, 2.45) is 0 Å². The Morgan fingerprint density at radius 3 is 1.96 bits per heavy atom. The smallest absolute Gasteiger partial charge is 0.389 e. The maximum absolute atomic E-state index is 12.2. The monoisotopic (exact) mass is 345 g/mol. The average molecular weight is 345 g/mol. The molecule has 3 nitrogen and oxygen atoms in total. The van der Waals surface area contributed by atoms with Crippen molar-refractivity contribution >= 4 is 8.25 Å². The summed E-state index contributed by atoms with van der Waals surface area (Å²) in [5.41, 5.74) is 2.16. The van der Waals surface area contributed by atoms with Crippen LogP contribution in [-0.2, 0) is 15.4 Å². The summed E-state index contributed by atoms with van der Waals surface area (Å²) in [5.74, 6) is 1.13. The lowest BCUT2D eigenvalue weighted by Crippen LogP contribution is -2.17. The fraction of sp³-hybridized carbons (Fsp3) is 0.400. The van der Waals surface area contributed by atoms with E-state index >= 15 is 0 Å². The van der Waals surface area contributed by atoms with Gasteiger partial charge in [-0.05, 0) is 34.6 Å². The molecule has 0 heterocycles. The maximum Gasteiger partial charge on any atom is 0.492 e. The molecule has 0 N–H and O–H groups in total. The van der Waals surface area contributed by atoms with E-state index in [1.165, 1.54) is 5.56 Å². The molecule has 0 aromatic heterocycles. The Balaban J connectivity index is 2.27. The average Bonchev–Trinajstić information content (AvgIpc) is 2.46. The van der Waals surface area contributed by atoms with Crippen molar-refractivity contribution in [3.05, 3.63) is 59.7 Å². The number of para-hydroxylation sites is 1. The molecule has 4 heteroatoms. The minimum Gasteiger partial charge on any atom is -0.389 e. The zero-order valence-electron chi connectivity index (χ0n) is 15.3. The summed E-state index contributed by atoms with van der Waals surface area (Å²) < 4.78 is 23.2. The molecule has 0 amide bonds. The molecule has 1 radical (unpaired) electrons. The van der Waals surface area contributed by atoms with Crippen LogP contribution in [0.4, 0.5) is 0 Å². The van der Waals surface area contributed by atoms with Crippen molar-refractivity contribution in [2.75, 3.05) is 0 Å². The summed E-state index contributed by atoms with van der Waals surface area (Å²) in [4.78, 5) is 0. The van der Waals surface area contributed by atoms with Crippen molar-refractivity contribution in [1.82, 2.24) is 0 Å². The molecule has 1 unspecified atom stereocenters. The molecule has 129 valence electrons. The van der Waals surface area contributed by atoms with Crippen molar-refractivity contribution < 1.29 is 13.6 Å². The minimum absolute atomic E-state index is 0.0429. The highest BCUT2D eigenvalue weighted by atomic mass is 31.1. The van der Waals surface area contributed by atoms with Crippen LogP contribution in [0.2, 0.25) is 0 Å². The molecule has 2 aromatic carbocycles. The van der Waals surface area contributed by atoms with E-state index in [2.05, 4.69) is 47.6 Å². The second-order valence-corrected chi connectivity index (χ2v) is 8.74. The molecule has 0 spiro atoms. The Bertz CT molecular complexity index is 710. The molecule has 1 atom stereocenters. The lowest BCUT2D eigenvalue weighted by molar-refractivity contribution is 0.408. The standard InChI is InChI=1S/C20H26O3P/c1-19(2,3)15-12-13-18(17(14-15)20(4,5)6)23-24(21)22-16-10-8-7-9-11-16/h7-14H,1-6H3. The first-order valence-corrected chi connectivity index (χ1v) is 9.20. The number of rotatable bonds is 4. The Labute approximate surface area is 146 Å². The van der Waals surface area contributed by atoms with Gasteiger partial charge >= 0.3 is 8.25 Å². The quantitative estimate of drug-likeness (QED) is 0.602. The summed E-state index contributed by atoms with van der Waals surface area (Å²) in [6.07, 6.45) is 0. The second-order valence-electron chi connectivity index (χ2n) is 7.93. The highest BCUT2D eigenvalue weighted by Crippen LogP contribution is 2.39.